The Morgan fingerprint density at radius 3 is 1.70 bits per heavy atom. The number of nitrogens with zero attached hydrogens (tertiary/aromatic N) is 2. The molecular formula is C41H29N2-. The summed E-state index contributed by atoms with van der Waals surface area (Å²) >= 11 is 0. The second kappa shape index (κ2) is 10.4. The predicted octanol–water partition coefficient (Wildman–Crippen LogP) is 11.0. The largest absolute Gasteiger partial charge is 0.681 e. The van der Waals surface area contributed by atoms with E-state index in [1.807, 2.05) is 24.5 Å². The van der Waals surface area contributed by atoms with E-state index in [0.29, 0.717) is 6.54 Å². The molecule has 0 amide bonds. The van der Waals surface area contributed by atoms with Gasteiger partial charge in [-0.25, -0.2) is 0 Å². The number of hydrogen-bond acceptors (Lipinski definition) is 1. The molecule has 0 unspecified atom stereocenters. The molecule has 0 spiro atoms. The second-order valence-electron chi connectivity index (χ2n) is 11.2. The summed E-state index contributed by atoms with van der Waals surface area (Å²) in [6.07, 6.45) is 8.03. The molecule has 0 radical (unpaired) electrons. The molecule has 1 aliphatic heterocycles. The maximum atomic E-state index is 4.82. The second-order valence-corrected chi connectivity index (χ2v) is 11.2. The van der Waals surface area contributed by atoms with Gasteiger partial charge in [0.2, 0.25) is 0 Å². The van der Waals surface area contributed by atoms with Gasteiger partial charge in [-0.3, -0.25) is 4.98 Å². The lowest BCUT2D eigenvalue weighted by Crippen LogP contribution is -1.95. The number of aromatic nitrogens is 1. The summed E-state index contributed by atoms with van der Waals surface area (Å²) < 4.78 is 0. The van der Waals surface area contributed by atoms with Crippen LogP contribution in [0, 0.1) is 6.92 Å². The van der Waals surface area contributed by atoms with Gasteiger partial charge in [-0.1, -0.05) is 115 Å². The zero-order chi connectivity index (χ0) is 28.8. The standard InChI is InChI=1S/C41H29N2/c1-27-10-12-29(13-11-27)40-35-6-2-4-8-37(35)41(38-9-5-3-7-36(38)40)34-17-15-30-24-33(16-14-31(30)25-34)39-26-32(20-23-43-39)28-18-21-42-22-19-28/h2-22,24-26H,23H2,1H3/q-1. The molecule has 6 aromatic carbocycles. The monoisotopic (exact) mass is 549 g/mol. The van der Waals surface area contributed by atoms with E-state index in [4.69, 9.17) is 5.32 Å². The molecule has 1 aliphatic rings. The Morgan fingerprint density at radius 2 is 1.07 bits per heavy atom. The van der Waals surface area contributed by atoms with Gasteiger partial charge in [-0.2, -0.15) is 0 Å². The SMILES string of the molecule is Cc1ccc(-c2c3ccccc3c(-c3ccc4cc(C5=CC(c6ccncc6)=CC[N-]5)ccc4c3)c3ccccc23)cc1. The highest BCUT2D eigenvalue weighted by Gasteiger charge is 2.16. The van der Waals surface area contributed by atoms with Gasteiger partial charge in [-0.05, 0) is 102 Å². The minimum atomic E-state index is 0.680. The van der Waals surface area contributed by atoms with Crippen LogP contribution in [-0.2, 0) is 0 Å². The molecule has 0 atom stereocenters. The van der Waals surface area contributed by atoms with E-state index in [9.17, 15) is 0 Å². The summed E-state index contributed by atoms with van der Waals surface area (Å²) in [7, 11) is 0. The molecule has 1 aromatic heterocycles. The number of aryl methyl sites for hydroxylation is 1. The Kier molecular flexibility index (Phi) is 6.12. The molecule has 204 valence electrons. The Hall–Kier alpha value is -5.47. The highest BCUT2D eigenvalue weighted by Crippen LogP contribution is 2.44. The molecule has 0 fully saturated rings. The third-order valence-corrected chi connectivity index (χ3v) is 8.58. The molecule has 0 bridgehead atoms. The van der Waals surface area contributed by atoms with Gasteiger partial charge in [0, 0.05) is 12.4 Å². The van der Waals surface area contributed by atoms with Gasteiger partial charge >= 0.3 is 0 Å². The molecule has 2 heterocycles. The van der Waals surface area contributed by atoms with Crippen LogP contribution in [-0.4, -0.2) is 11.5 Å². The van der Waals surface area contributed by atoms with Crippen molar-refractivity contribution in [3.05, 3.63) is 168 Å². The predicted molar refractivity (Wildman–Crippen MR) is 183 cm³/mol. The number of allylic oxidation sites excluding steroid dienone is 2. The van der Waals surface area contributed by atoms with Crippen molar-refractivity contribution in [1.82, 2.24) is 4.98 Å². The molecule has 2 nitrogen and oxygen atoms in total. The highest BCUT2D eigenvalue weighted by molar-refractivity contribution is 6.21. The summed E-state index contributed by atoms with van der Waals surface area (Å²) in [6.45, 7) is 2.82. The summed E-state index contributed by atoms with van der Waals surface area (Å²) in [5.41, 5.74) is 10.8. The van der Waals surface area contributed by atoms with E-state index in [0.717, 1.165) is 11.3 Å². The third-order valence-electron chi connectivity index (χ3n) is 8.58. The number of hydrogen-bond donors (Lipinski definition) is 0. The first-order valence-electron chi connectivity index (χ1n) is 14.8. The van der Waals surface area contributed by atoms with E-state index < -0.39 is 0 Å². The lowest BCUT2D eigenvalue weighted by Gasteiger charge is -2.29. The third kappa shape index (κ3) is 4.49. The van der Waals surface area contributed by atoms with Crippen LogP contribution >= 0.6 is 0 Å². The first kappa shape index (κ1) is 25.3. The van der Waals surface area contributed by atoms with E-state index in [1.54, 1.807) is 0 Å². The number of pyridine rings is 1. The number of benzene rings is 6. The van der Waals surface area contributed by atoms with Gasteiger partial charge in [0.1, 0.15) is 0 Å². The van der Waals surface area contributed by atoms with Crippen LogP contribution in [0.2, 0.25) is 0 Å². The van der Waals surface area contributed by atoms with Crippen molar-refractivity contribution >= 4 is 43.6 Å². The summed E-state index contributed by atoms with van der Waals surface area (Å²) in [4.78, 5) is 4.16. The lowest BCUT2D eigenvalue weighted by atomic mass is 9.85. The average Bonchev–Trinajstić information content (AvgIpc) is 3.07. The zero-order valence-corrected chi connectivity index (χ0v) is 24.0. The molecule has 0 saturated carbocycles. The quantitative estimate of drug-likeness (QED) is 0.201. The van der Waals surface area contributed by atoms with Gasteiger partial charge in [0.15, 0.2) is 0 Å². The fourth-order valence-corrected chi connectivity index (χ4v) is 6.45. The van der Waals surface area contributed by atoms with E-state index in [-0.39, 0.29) is 0 Å². The minimum Gasteiger partial charge on any atom is -0.681 e. The molecule has 43 heavy (non-hydrogen) atoms. The Balaban J connectivity index is 1.26. The van der Waals surface area contributed by atoms with Gasteiger partial charge in [0.05, 0.1) is 0 Å². The fourth-order valence-electron chi connectivity index (χ4n) is 6.45. The van der Waals surface area contributed by atoms with Crippen molar-refractivity contribution < 1.29 is 0 Å². The van der Waals surface area contributed by atoms with Crippen LogP contribution in [0.5, 0.6) is 0 Å². The van der Waals surface area contributed by atoms with Crippen molar-refractivity contribution in [3.8, 4) is 22.3 Å². The average molecular weight is 550 g/mol. The van der Waals surface area contributed by atoms with Crippen LogP contribution in [0.3, 0.4) is 0 Å². The first-order valence-corrected chi connectivity index (χ1v) is 14.8. The molecule has 7 aromatic rings. The fraction of sp³-hybridized carbons (Fsp3) is 0.0488. The minimum absolute atomic E-state index is 0.680. The number of rotatable bonds is 4. The smallest absolute Gasteiger partial charge is 0.0273 e. The Labute approximate surface area is 251 Å². The van der Waals surface area contributed by atoms with Crippen molar-refractivity contribution in [3.63, 3.8) is 0 Å². The molecule has 0 N–H and O–H groups in total. The highest BCUT2D eigenvalue weighted by atomic mass is 14.9. The van der Waals surface area contributed by atoms with Crippen LogP contribution in [0.1, 0.15) is 16.7 Å². The topological polar surface area (TPSA) is 27.0 Å². The first-order chi connectivity index (χ1) is 21.2. The van der Waals surface area contributed by atoms with Crippen molar-refractivity contribution in [2.24, 2.45) is 0 Å². The Bertz CT molecular complexity index is 2160. The summed E-state index contributed by atoms with van der Waals surface area (Å²) in [6, 6.07) is 44.3. The van der Waals surface area contributed by atoms with Gasteiger partial charge in [0.25, 0.3) is 0 Å². The van der Waals surface area contributed by atoms with Crippen molar-refractivity contribution in [2.75, 3.05) is 6.54 Å². The van der Waals surface area contributed by atoms with Crippen LogP contribution in [0.4, 0.5) is 0 Å². The Morgan fingerprint density at radius 1 is 0.535 bits per heavy atom. The summed E-state index contributed by atoms with van der Waals surface area (Å²) in [5, 5.41) is 12.4. The normalized spacial score (nSPS) is 13.1. The molecule has 0 aliphatic carbocycles. The van der Waals surface area contributed by atoms with Crippen molar-refractivity contribution in [2.45, 2.75) is 6.92 Å². The van der Waals surface area contributed by atoms with Gasteiger partial charge < -0.3 is 5.32 Å². The molecule has 0 saturated heterocycles. The van der Waals surface area contributed by atoms with E-state index in [2.05, 4.69) is 133 Å². The maximum absolute atomic E-state index is 4.82. The molecule has 2 heteroatoms. The summed E-state index contributed by atoms with van der Waals surface area (Å²) in [5.74, 6) is 0. The van der Waals surface area contributed by atoms with Gasteiger partial charge in [-0.15, -0.1) is 12.2 Å². The van der Waals surface area contributed by atoms with Crippen molar-refractivity contribution in [1.29, 1.82) is 0 Å². The number of fused-ring (bicyclic) bond motifs is 3. The van der Waals surface area contributed by atoms with E-state index >= 15 is 0 Å². The van der Waals surface area contributed by atoms with Crippen LogP contribution < -0.4 is 0 Å². The van der Waals surface area contributed by atoms with E-state index in [1.165, 1.54) is 71.3 Å². The zero-order valence-electron chi connectivity index (χ0n) is 24.0. The lowest BCUT2D eigenvalue weighted by molar-refractivity contribution is 1.31. The maximum Gasteiger partial charge on any atom is 0.0273 e. The van der Waals surface area contributed by atoms with Crippen LogP contribution in [0.15, 0.2) is 146 Å². The molecular weight excluding hydrogens is 520 g/mol. The molecule has 8 rings (SSSR count). The van der Waals surface area contributed by atoms with Crippen LogP contribution in [0.25, 0.3) is 71.2 Å².